The minimum absolute atomic E-state index is 0.152. The lowest BCUT2D eigenvalue weighted by atomic mass is 10.1. The third kappa shape index (κ3) is 3.62. The number of anilines is 1. The summed E-state index contributed by atoms with van der Waals surface area (Å²) in [7, 11) is 0. The summed E-state index contributed by atoms with van der Waals surface area (Å²) in [6.07, 6.45) is 0. The van der Waals surface area contributed by atoms with Gasteiger partial charge in [-0.05, 0) is 26.0 Å². The van der Waals surface area contributed by atoms with Gasteiger partial charge in [0, 0.05) is 25.4 Å². The summed E-state index contributed by atoms with van der Waals surface area (Å²) in [6.45, 7) is 6.12. The lowest BCUT2D eigenvalue weighted by Gasteiger charge is -2.22. The van der Waals surface area contributed by atoms with Crippen LogP contribution < -0.4 is 5.73 Å². The Balaban J connectivity index is 2.83. The summed E-state index contributed by atoms with van der Waals surface area (Å²) in [6, 6.07) is 5.07. The second-order valence-corrected chi connectivity index (χ2v) is 4.19. The molecule has 1 aromatic rings. The maximum atomic E-state index is 12.3. The summed E-state index contributed by atoms with van der Waals surface area (Å²) in [5.41, 5.74) is 6.58. The van der Waals surface area contributed by atoms with Crippen LogP contribution in [-0.2, 0) is 4.74 Å². The fraction of sp³-hybridized carbons (Fsp3) is 0.462. The van der Waals surface area contributed by atoms with Gasteiger partial charge in [0.05, 0.1) is 17.2 Å². The minimum atomic E-state index is -0.152. The van der Waals surface area contributed by atoms with Crippen LogP contribution in [0.25, 0.3) is 0 Å². The molecule has 0 atom stereocenters. The average Bonchev–Trinajstić information content (AvgIpc) is 2.34. The lowest BCUT2D eigenvalue weighted by Crippen LogP contribution is -2.34. The lowest BCUT2D eigenvalue weighted by molar-refractivity contribution is 0.0670. The number of nitrogens with two attached hydrogens (primary N) is 1. The molecular weight excluding hydrogens is 252 g/mol. The molecule has 0 radical (unpaired) electrons. The SMILES string of the molecule is CCOCCN(CC)C(=O)c1c(N)cccc1Cl. The maximum absolute atomic E-state index is 12.3. The molecule has 0 spiro atoms. The van der Waals surface area contributed by atoms with Crippen LogP contribution in [0.4, 0.5) is 5.69 Å². The molecule has 2 N–H and O–H groups in total. The number of carbonyl (C=O) groups excluding carboxylic acids is 1. The molecule has 0 aliphatic rings. The highest BCUT2D eigenvalue weighted by Crippen LogP contribution is 2.23. The topological polar surface area (TPSA) is 55.6 Å². The number of nitrogen functional groups attached to an aromatic ring is 1. The summed E-state index contributed by atoms with van der Waals surface area (Å²) >= 11 is 6.03. The van der Waals surface area contributed by atoms with Crippen LogP contribution >= 0.6 is 11.6 Å². The Morgan fingerprint density at radius 2 is 2.17 bits per heavy atom. The Hall–Kier alpha value is -1.26. The smallest absolute Gasteiger partial charge is 0.257 e. The van der Waals surface area contributed by atoms with E-state index in [-0.39, 0.29) is 5.91 Å². The van der Waals surface area contributed by atoms with Gasteiger partial charge in [-0.25, -0.2) is 0 Å². The molecule has 5 heteroatoms. The van der Waals surface area contributed by atoms with Gasteiger partial charge < -0.3 is 15.4 Å². The van der Waals surface area contributed by atoms with Crippen molar-refractivity contribution < 1.29 is 9.53 Å². The molecule has 1 rings (SSSR count). The van der Waals surface area contributed by atoms with Gasteiger partial charge in [0.2, 0.25) is 0 Å². The number of likely N-dealkylation sites (N-methyl/N-ethyl adjacent to an activating group) is 1. The van der Waals surface area contributed by atoms with Crippen LogP contribution in [0.5, 0.6) is 0 Å². The van der Waals surface area contributed by atoms with E-state index in [1.54, 1.807) is 23.1 Å². The fourth-order valence-corrected chi connectivity index (χ4v) is 1.91. The highest BCUT2D eigenvalue weighted by atomic mass is 35.5. The van der Waals surface area contributed by atoms with Crippen molar-refractivity contribution in [3.05, 3.63) is 28.8 Å². The Kier molecular flexibility index (Phi) is 5.95. The van der Waals surface area contributed by atoms with Gasteiger partial charge in [-0.3, -0.25) is 4.79 Å². The van der Waals surface area contributed by atoms with E-state index in [0.717, 1.165) is 0 Å². The standard InChI is InChI=1S/C13H19ClN2O2/c1-3-16(8-9-18-4-2)13(17)12-10(14)6-5-7-11(12)15/h5-7H,3-4,8-9,15H2,1-2H3. The number of hydrogen-bond acceptors (Lipinski definition) is 3. The molecule has 0 saturated carbocycles. The second kappa shape index (κ2) is 7.24. The molecule has 0 saturated heterocycles. The van der Waals surface area contributed by atoms with Crippen molar-refractivity contribution in [1.82, 2.24) is 4.90 Å². The van der Waals surface area contributed by atoms with E-state index in [4.69, 9.17) is 22.1 Å². The van der Waals surface area contributed by atoms with Crippen molar-refractivity contribution in [2.24, 2.45) is 0 Å². The first-order chi connectivity index (χ1) is 8.61. The molecule has 0 heterocycles. The van der Waals surface area contributed by atoms with Crippen molar-refractivity contribution >= 4 is 23.2 Å². The summed E-state index contributed by atoms with van der Waals surface area (Å²) in [5.74, 6) is -0.152. The first kappa shape index (κ1) is 14.8. The van der Waals surface area contributed by atoms with Crippen molar-refractivity contribution in [3.8, 4) is 0 Å². The molecule has 0 aliphatic heterocycles. The van der Waals surface area contributed by atoms with E-state index in [2.05, 4.69) is 0 Å². The van der Waals surface area contributed by atoms with Gasteiger partial charge in [-0.2, -0.15) is 0 Å². The molecule has 0 bridgehead atoms. The van der Waals surface area contributed by atoms with Crippen LogP contribution in [0.15, 0.2) is 18.2 Å². The van der Waals surface area contributed by atoms with Crippen molar-refractivity contribution in [1.29, 1.82) is 0 Å². The Labute approximate surface area is 113 Å². The number of amides is 1. The van der Waals surface area contributed by atoms with E-state index in [9.17, 15) is 4.79 Å². The molecule has 0 aliphatic carbocycles. The van der Waals surface area contributed by atoms with Gasteiger partial charge in [-0.1, -0.05) is 17.7 Å². The zero-order valence-corrected chi connectivity index (χ0v) is 11.5. The normalized spacial score (nSPS) is 10.4. The highest BCUT2D eigenvalue weighted by molar-refractivity contribution is 6.34. The van der Waals surface area contributed by atoms with Gasteiger partial charge >= 0.3 is 0 Å². The quantitative estimate of drug-likeness (QED) is 0.638. The van der Waals surface area contributed by atoms with Crippen molar-refractivity contribution in [2.45, 2.75) is 13.8 Å². The van der Waals surface area contributed by atoms with E-state index in [1.165, 1.54) is 0 Å². The van der Waals surface area contributed by atoms with Gasteiger partial charge in [0.1, 0.15) is 0 Å². The molecule has 1 amide bonds. The first-order valence-corrected chi connectivity index (χ1v) is 6.40. The van der Waals surface area contributed by atoms with Crippen LogP contribution in [-0.4, -0.2) is 37.1 Å². The predicted molar refractivity (Wildman–Crippen MR) is 73.9 cm³/mol. The summed E-state index contributed by atoms with van der Waals surface area (Å²) in [5, 5.41) is 0.384. The Morgan fingerprint density at radius 1 is 1.44 bits per heavy atom. The van der Waals surface area contributed by atoms with Crippen LogP contribution in [0, 0.1) is 0 Å². The van der Waals surface area contributed by atoms with Gasteiger partial charge in [-0.15, -0.1) is 0 Å². The number of carbonyl (C=O) groups is 1. The van der Waals surface area contributed by atoms with Crippen LogP contribution in [0.3, 0.4) is 0 Å². The fourth-order valence-electron chi connectivity index (χ4n) is 1.65. The highest BCUT2D eigenvalue weighted by Gasteiger charge is 2.19. The van der Waals surface area contributed by atoms with Gasteiger partial charge in [0.15, 0.2) is 0 Å². The van der Waals surface area contributed by atoms with Crippen molar-refractivity contribution in [2.75, 3.05) is 32.0 Å². The van der Waals surface area contributed by atoms with E-state index in [1.807, 2.05) is 13.8 Å². The Bertz CT molecular complexity index is 390. The monoisotopic (exact) mass is 270 g/mol. The number of benzene rings is 1. The molecule has 100 valence electrons. The molecule has 4 nitrogen and oxygen atoms in total. The number of halogens is 1. The van der Waals surface area contributed by atoms with Crippen LogP contribution in [0.1, 0.15) is 24.2 Å². The molecule has 18 heavy (non-hydrogen) atoms. The second-order valence-electron chi connectivity index (χ2n) is 3.79. The third-order valence-corrected chi connectivity index (χ3v) is 2.95. The predicted octanol–water partition coefficient (Wildman–Crippen LogP) is 2.42. The molecule has 1 aromatic carbocycles. The minimum Gasteiger partial charge on any atom is -0.398 e. The zero-order chi connectivity index (χ0) is 13.5. The number of nitrogens with zero attached hydrogens (tertiary/aromatic N) is 1. The summed E-state index contributed by atoms with van der Waals surface area (Å²) in [4.78, 5) is 14.0. The largest absolute Gasteiger partial charge is 0.398 e. The third-order valence-electron chi connectivity index (χ3n) is 2.64. The number of rotatable bonds is 6. The number of ether oxygens (including phenoxy) is 1. The summed E-state index contributed by atoms with van der Waals surface area (Å²) < 4.78 is 5.25. The van der Waals surface area contributed by atoms with E-state index >= 15 is 0 Å². The van der Waals surface area contributed by atoms with Crippen LogP contribution in [0.2, 0.25) is 5.02 Å². The first-order valence-electron chi connectivity index (χ1n) is 6.02. The molecule has 0 aromatic heterocycles. The van der Waals surface area contributed by atoms with E-state index < -0.39 is 0 Å². The molecule has 0 unspecified atom stereocenters. The molecule has 0 fully saturated rings. The maximum Gasteiger partial charge on any atom is 0.257 e. The molecular formula is C13H19ClN2O2. The van der Waals surface area contributed by atoms with Gasteiger partial charge in [0.25, 0.3) is 5.91 Å². The number of hydrogen-bond donors (Lipinski definition) is 1. The average molecular weight is 271 g/mol. The van der Waals surface area contributed by atoms with E-state index in [0.29, 0.717) is 42.6 Å². The Morgan fingerprint density at radius 3 is 2.72 bits per heavy atom. The zero-order valence-electron chi connectivity index (χ0n) is 10.8. The van der Waals surface area contributed by atoms with Crippen molar-refractivity contribution in [3.63, 3.8) is 0 Å².